The lowest BCUT2D eigenvalue weighted by Gasteiger charge is -2.28. The number of anilines is 2. The zero-order chi connectivity index (χ0) is 14.1. The van der Waals surface area contributed by atoms with E-state index in [0.717, 1.165) is 46.0 Å². The van der Waals surface area contributed by atoms with E-state index in [1.54, 1.807) is 11.3 Å². The molecule has 0 spiro atoms. The summed E-state index contributed by atoms with van der Waals surface area (Å²) in [6.07, 6.45) is 4.28. The highest BCUT2D eigenvalue weighted by Crippen LogP contribution is 2.36. The Morgan fingerprint density at radius 3 is 3.15 bits per heavy atom. The van der Waals surface area contributed by atoms with E-state index in [1.807, 2.05) is 6.92 Å². The lowest BCUT2D eigenvalue weighted by molar-refractivity contribution is 0.279. The molecule has 1 aliphatic rings. The van der Waals surface area contributed by atoms with Gasteiger partial charge in [0.15, 0.2) is 0 Å². The van der Waals surface area contributed by atoms with Crippen molar-refractivity contribution in [3.8, 4) is 0 Å². The van der Waals surface area contributed by atoms with Gasteiger partial charge in [-0.05, 0) is 44.7 Å². The summed E-state index contributed by atoms with van der Waals surface area (Å²) in [5, 5.41) is 10.1. The van der Waals surface area contributed by atoms with E-state index < -0.39 is 0 Å². The van der Waals surface area contributed by atoms with Crippen LogP contribution in [0.3, 0.4) is 0 Å². The van der Waals surface area contributed by atoms with Crippen molar-refractivity contribution in [1.82, 2.24) is 4.98 Å². The highest BCUT2D eigenvalue weighted by molar-refractivity contribution is 7.18. The summed E-state index contributed by atoms with van der Waals surface area (Å²) >= 11 is 1.69. The molecule has 3 N–H and O–H groups in total. The zero-order valence-corrected chi connectivity index (χ0v) is 12.6. The molecule has 2 heterocycles. The van der Waals surface area contributed by atoms with Crippen LogP contribution in [0.1, 0.15) is 30.7 Å². The number of benzene rings is 1. The summed E-state index contributed by atoms with van der Waals surface area (Å²) in [6, 6.07) is 4.68. The zero-order valence-electron chi connectivity index (χ0n) is 11.8. The molecule has 5 heteroatoms. The Bertz CT molecular complexity index is 610. The van der Waals surface area contributed by atoms with E-state index in [0.29, 0.717) is 6.04 Å². The molecule has 4 nitrogen and oxygen atoms in total. The summed E-state index contributed by atoms with van der Waals surface area (Å²) in [4.78, 5) is 6.97. The standard InChI is InChI=1S/C15H21N3OS/c1-10-17-13-9-14(12(16)8-15(13)20-10)18-6-2-4-11(18)5-3-7-19/h8-9,11,19H,2-7,16H2,1H3. The van der Waals surface area contributed by atoms with Crippen molar-refractivity contribution < 1.29 is 5.11 Å². The van der Waals surface area contributed by atoms with Crippen molar-refractivity contribution in [3.05, 3.63) is 17.1 Å². The maximum absolute atomic E-state index is 9.03. The number of aliphatic hydroxyl groups is 1. The Hall–Kier alpha value is -1.33. The average Bonchev–Trinajstić information content (AvgIpc) is 3.00. The van der Waals surface area contributed by atoms with Gasteiger partial charge in [-0.15, -0.1) is 11.3 Å². The number of nitrogens with zero attached hydrogens (tertiary/aromatic N) is 2. The third-order valence-electron chi connectivity index (χ3n) is 4.03. The molecular formula is C15H21N3OS. The molecule has 1 aromatic carbocycles. The molecule has 1 unspecified atom stereocenters. The molecule has 0 saturated carbocycles. The quantitative estimate of drug-likeness (QED) is 0.850. The predicted molar refractivity (Wildman–Crippen MR) is 85.5 cm³/mol. The Kier molecular flexibility index (Phi) is 3.81. The second-order valence-electron chi connectivity index (χ2n) is 5.47. The van der Waals surface area contributed by atoms with Gasteiger partial charge in [0.25, 0.3) is 0 Å². The van der Waals surface area contributed by atoms with Gasteiger partial charge in [-0.3, -0.25) is 0 Å². The monoisotopic (exact) mass is 291 g/mol. The van der Waals surface area contributed by atoms with Crippen LogP contribution in [0.4, 0.5) is 11.4 Å². The third kappa shape index (κ3) is 2.47. The molecule has 108 valence electrons. The van der Waals surface area contributed by atoms with Crippen LogP contribution < -0.4 is 10.6 Å². The van der Waals surface area contributed by atoms with E-state index in [-0.39, 0.29) is 6.61 Å². The van der Waals surface area contributed by atoms with Gasteiger partial charge in [0, 0.05) is 19.2 Å². The van der Waals surface area contributed by atoms with Gasteiger partial charge < -0.3 is 15.7 Å². The first-order chi connectivity index (χ1) is 9.69. The number of hydrogen-bond acceptors (Lipinski definition) is 5. The number of hydrogen-bond donors (Lipinski definition) is 2. The molecular weight excluding hydrogens is 270 g/mol. The highest BCUT2D eigenvalue weighted by atomic mass is 32.1. The number of aliphatic hydroxyl groups excluding tert-OH is 1. The summed E-state index contributed by atoms with van der Waals surface area (Å²) in [6.45, 7) is 3.35. The van der Waals surface area contributed by atoms with Crippen LogP contribution in [0.25, 0.3) is 10.2 Å². The van der Waals surface area contributed by atoms with Crippen molar-refractivity contribution in [2.75, 3.05) is 23.8 Å². The first-order valence-electron chi connectivity index (χ1n) is 7.23. The summed E-state index contributed by atoms with van der Waals surface area (Å²) in [7, 11) is 0. The first-order valence-corrected chi connectivity index (χ1v) is 8.05. The van der Waals surface area contributed by atoms with E-state index in [1.165, 1.54) is 12.8 Å². The minimum Gasteiger partial charge on any atom is -0.397 e. The van der Waals surface area contributed by atoms with Crippen LogP contribution in [0.2, 0.25) is 0 Å². The molecule has 1 aliphatic heterocycles. The molecule has 1 aromatic heterocycles. The lowest BCUT2D eigenvalue weighted by Crippen LogP contribution is -2.30. The van der Waals surface area contributed by atoms with Gasteiger partial charge in [0.05, 0.1) is 26.6 Å². The average molecular weight is 291 g/mol. The first kappa shape index (κ1) is 13.6. The van der Waals surface area contributed by atoms with Crippen molar-refractivity contribution in [1.29, 1.82) is 0 Å². The molecule has 2 aromatic rings. The number of nitrogens with two attached hydrogens (primary N) is 1. The Morgan fingerprint density at radius 1 is 1.50 bits per heavy atom. The molecule has 0 radical (unpaired) electrons. The predicted octanol–water partition coefficient (Wildman–Crippen LogP) is 2.93. The minimum absolute atomic E-state index is 0.268. The number of nitrogen functional groups attached to an aromatic ring is 1. The number of aryl methyl sites for hydroxylation is 1. The van der Waals surface area contributed by atoms with Gasteiger partial charge in [0.1, 0.15) is 0 Å². The Labute approximate surface area is 123 Å². The van der Waals surface area contributed by atoms with E-state index in [4.69, 9.17) is 10.8 Å². The fourth-order valence-corrected chi connectivity index (χ4v) is 3.98. The summed E-state index contributed by atoms with van der Waals surface area (Å²) in [5.74, 6) is 0. The smallest absolute Gasteiger partial charge is 0.0907 e. The minimum atomic E-state index is 0.268. The van der Waals surface area contributed by atoms with Gasteiger partial charge in [-0.25, -0.2) is 4.98 Å². The largest absolute Gasteiger partial charge is 0.397 e. The van der Waals surface area contributed by atoms with Gasteiger partial charge in [-0.2, -0.15) is 0 Å². The summed E-state index contributed by atoms with van der Waals surface area (Å²) < 4.78 is 1.16. The molecule has 1 fully saturated rings. The van der Waals surface area contributed by atoms with Crippen LogP contribution in [0.15, 0.2) is 12.1 Å². The molecule has 0 bridgehead atoms. The van der Waals surface area contributed by atoms with Crippen molar-refractivity contribution in [2.45, 2.75) is 38.6 Å². The van der Waals surface area contributed by atoms with Crippen molar-refractivity contribution in [2.24, 2.45) is 0 Å². The van der Waals surface area contributed by atoms with Crippen LogP contribution in [0, 0.1) is 6.92 Å². The Balaban J connectivity index is 1.93. The van der Waals surface area contributed by atoms with Gasteiger partial charge >= 0.3 is 0 Å². The fraction of sp³-hybridized carbons (Fsp3) is 0.533. The molecule has 20 heavy (non-hydrogen) atoms. The number of aromatic nitrogens is 1. The SMILES string of the molecule is Cc1nc2cc(N3CCCC3CCCO)c(N)cc2s1. The van der Waals surface area contributed by atoms with Crippen LogP contribution in [-0.4, -0.2) is 29.3 Å². The van der Waals surface area contributed by atoms with E-state index >= 15 is 0 Å². The van der Waals surface area contributed by atoms with Crippen LogP contribution >= 0.6 is 11.3 Å². The maximum atomic E-state index is 9.03. The molecule has 0 aliphatic carbocycles. The maximum Gasteiger partial charge on any atom is 0.0907 e. The molecule has 3 rings (SSSR count). The molecule has 1 atom stereocenters. The summed E-state index contributed by atoms with van der Waals surface area (Å²) in [5.41, 5.74) is 9.26. The van der Waals surface area contributed by atoms with Crippen molar-refractivity contribution >= 4 is 32.9 Å². The normalized spacial score (nSPS) is 19.1. The number of thiazole rings is 1. The van der Waals surface area contributed by atoms with E-state index in [9.17, 15) is 0 Å². The molecule has 0 amide bonds. The fourth-order valence-electron chi connectivity index (χ4n) is 3.12. The van der Waals surface area contributed by atoms with Gasteiger partial charge in [-0.1, -0.05) is 0 Å². The number of fused-ring (bicyclic) bond motifs is 1. The van der Waals surface area contributed by atoms with E-state index in [2.05, 4.69) is 22.0 Å². The van der Waals surface area contributed by atoms with Crippen LogP contribution in [0.5, 0.6) is 0 Å². The Morgan fingerprint density at radius 2 is 2.35 bits per heavy atom. The highest BCUT2D eigenvalue weighted by Gasteiger charge is 2.26. The van der Waals surface area contributed by atoms with Crippen molar-refractivity contribution in [3.63, 3.8) is 0 Å². The van der Waals surface area contributed by atoms with Gasteiger partial charge in [0.2, 0.25) is 0 Å². The second-order valence-corrected chi connectivity index (χ2v) is 6.70. The van der Waals surface area contributed by atoms with Crippen LogP contribution in [-0.2, 0) is 0 Å². The molecule has 1 saturated heterocycles. The topological polar surface area (TPSA) is 62.4 Å². The lowest BCUT2D eigenvalue weighted by atomic mass is 10.1. The third-order valence-corrected chi connectivity index (χ3v) is 4.96. The number of rotatable bonds is 4. The second kappa shape index (κ2) is 5.58.